The van der Waals surface area contributed by atoms with Gasteiger partial charge in [-0.15, -0.1) is 5.10 Å². The maximum absolute atomic E-state index is 13.2. The molecule has 2 aromatic rings. The highest BCUT2D eigenvalue weighted by Crippen LogP contribution is 2.40. The van der Waals surface area contributed by atoms with E-state index < -0.39 is 23.9 Å². The Bertz CT molecular complexity index is 687. The maximum atomic E-state index is 13.2. The third-order valence-electron chi connectivity index (χ3n) is 4.06. The van der Waals surface area contributed by atoms with Crippen molar-refractivity contribution in [3.05, 3.63) is 41.2 Å². The van der Waals surface area contributed by atoms with Gasteiger partial charge < -0.3 is 5.11 Å². The summed E-state index contributed by atoms with van der Waals surface area (Å²) in [7, 11) is 1.67. The number of nitrogens with zero attached hydrogens (tertiary/aromatic N) is 5. The van der Waals surface area contributed by atoms with Gasteiger partial charge in [0.2, 0.25) is 0 Å². The molecule has 23 heavy (non-hydrogen) atoms. The Hall–Kier alpha value is -2.00. The number of β-amino-alcohol motifs (C(OH)–C–C–N with tert-alkyl or cyclic N) is 1. The van der Waals surface area contributed by atoms with Crippen LogP contribution in [0.1, 0.15) is 29.4 Å². The molecule has 2 heterocycles. The molecular weight excluding hydrogens is 311 g/mol. The van der Waals surface area contributed by atoms with Gasteiger partial charge in [-0.2, -0.15) is 13.2 Å². The van der Waals surface area contributed by atoms with Gasteiger partial charge in [-0.3, -0.25) is 4.90 Å². The van der Waals surface area contributed by atoms with Crippen LogP contribution in [0.3, 0.4) is 0 Å². The molecule has 1 fully saturated rings. The molecule has 6 nitrogen and oxygen atoms in total. The van der Waals surface area contributed by atoms with Crippen molar-refractivity contribution >= 4 is 0 Å². The Morgan fingerprint density at radius 2 is 2.04 bits per heavy atom. The Morgan fingerprint density at radius 3 is 2.70 bits per heavy atom. The minimum Gasteiger partial charge on any atom is -0.392 e. The SMILES string of the molecule is Cn1nnnc1CN1C[C@H](O)C[C@H]1c1ccccc1C(F)(F)F. The summed E-state index contributed by atoms with van der Waals surface area (Å²) >= 11 is 0. The van der Waals surface area contributed by atoms with E-state index in [0.717, 1.165) is 6.07 Å². The van der Waals surface area contributed by atoms with E-state index in [1.54, 1.807) is 18.0 Å². The molecule has 2 atom stereocenters. The van der Waals surface area contributed by atoms with E-state index in [-0.39, 0.29) is 25.1 Å². The number of rotatable bonds is 3. The maximum Gasteiger partial charge on any atom is 0.416 e. The molecule has 1 aromatic carbocycles. The molecule has 1 N–H and O–H groups in total. The average Bonchev–Trinajstić information content (AvgIpc) is 3.05. The van der Waals surface area contributed by atoms with Gasteiger partial charge >= 0.3 is 6.18 Å². The van der Waals surface area contributed by atoms with Crippen LogP contribution in [0.25, 0.3) is 0 Å². The zero-order valence-electron chi connectivity index (χ0n) is 12.4. The lowest BCUT2D eigenvalue weighted by molar-refractivity contribution is -0.138. The van der Waals surface area contributed by atoms with Crippen molar-refractivity contribution in [2.45, 2.75) is 31.3 Å². The molecule has 1 aliphatic heterocycles. The molecule has 0 bridgehead atoms. The first-order chi connectivity index (χ1) is 10.9. The first-order valence-electron chi connectivity index (χ1n) is 7.15. The predicted molar refractivity (Wildman–Crippen MR) is 74.0 cm³/mol. The third kappa shape index (κ3) is 3.20. The summed E-state index contributed by atoms with van der Waals surface area (Å²) in [6, 6.07) is 4.96. The molecule has 1 aliphatic rings. The van der Waals surface area contributed by atoms with Crippen molar-refractivity contribution in [3.8, 4) is 0 Å². The summed E-state index contributed by atoms with van der Waals surface area (Å²) in [5.41, 5.74) is -0.494. The van der Waals surface area contributed by atoms with Gasteiger partial charge in [0, 0.05) is 19.6 Å². The fourth-order valence-electron chi connectivity index (χ4n) is 2.99. The lowest BCUT2D eigenvalue weighted by Gasteiger charge is -2.26. The van der Waals surface area contributed by atoms with Crippen molar-refractivity contribution in [2.75, 3.05) is 6.54 Å². The van der Waals surface area contributed by atoms with Crippen LogP contribution in [0.15, 0.2) is 24.3 Å². The number of aryl methyl sites for hydroxylation is 1. The number of likely N-dealkylation sites (tertiary alicyclic amines) is 1. The third-order valence-corrected chi connectivity index (χ3v) is 4.06. The quantitative estimate of drug-likeness (QED) is 0.926. The Labute approximate surface area is 130 Å². The van der Waals surface area contributed by atoms with E-state index in [0.29, 0.717) is 5.82 Å². The van der Waals surface area contributed by atoms with E-state index in [2.05, 4.69) is 15.5 Å². The molecule has 0 saturated carbocycles. The monoisotopic (exact) mass is 327 g/mol. The standard InChI is InChI=1S/C14H16F3N5O/c1-21-13(18-19-20-21)8-22-7-9(23)6-12(22)10-4-2-3-5-11(10)14(15,16)17/h2-5,9,12,23H,6-8H2,1H3/t9-,12+/m1/s1. The van der Waals surface area contributed by atoms with Crippen LogP contribution in [0.5, 0.6) is 0 Å². The molecule has 0 amide bonds. The summed E-state index contributed by atoms with van der Waals surface area (Å²) < 4.78 is 41.2. The molecule has 0 aliphatic carbocycles. The van der Waals surface area contributed by atoms with Crippen LogP contribution in [0.2, 0.25) is 0 Å². The number of benzene rings is 1. The number of aliphatic hydroxyl groups is 1. The van der Waals surface area contributed by atoms with Crippen LogP contribution in [-0.4, -0.2) is 42.9 Å². The first kappa shape index (κ1) is 15.9. The van der Waals surface area contributed by atoms with Crippen LogP contribution in [0, 0.1) is 0 Å². The van der Waals surface area contributed by atoms with Gasteiger partial charge in [-0.25, -0.2) is 4.68 Å². The highest BCUT2D eigenvalue weighted by Gasteiger charge is 2.40. The first-order valence-corrected chi connectivity index (χ1v) is 7.15. The fraction of sp³-hybridized carbons (Fsp3) is 0.500. The molecule has 0 radical (unpaired) electrons. The van der Waals surface area contributed by atoms with Crippen LogP contribution in [-0.2, 0) is 19.8 Å². The zero-order valence-corrected chi connectivity index (χ0v) is 12.4. The number of hydrogen-bond donors (Lipinski definition) is 1. The molecule has 0 spiro atoms. The van der Waals surface area contributed by atoms with Gasteiger partial charge in [0.1, 0.15) is 0 Å². The normalized spacial score (nSPS) is 22.7. The second-order valence-electron chi connectivity index (χ2n) is 5.64. The van der Waals surface area contributed by atoms with Crippen molar-refractivity contribution in [1.82, 2.24) is 25.1 Å². The van der Waals surface area contributed by atoms with Gasteiger partial charge in [0.25, 0.3) is 0 Å². The van der Waals surface area contributed by atoms with E-state index in [9.17, 15) is 18.3 Å². The van der Waals surface area contributed by atoms with Crippen LogP contribution >= 0.6 is 0 Å². The Balaban J connectivity index is 1.93. The topological polar surface area (TPSA) is 67.1 Å². The lowest BCUT2D eigenvalue weighted by Crippen LogP contribution is -2.27. The minimum atomic E-state index is -4.43. The summed E-state index contributed by atoms with van der Waals surface area (Å²) in [6.07, 6.45) is -4.86. The lowest BCUT2D eigenvalue weighted by atomic mass is 9.97. The number of tetrazole rings is 1. The smallest absolute Gasteiger partial charge is 0.392 e. The molecule has 1 aromatic heterocycles. The number of alkyl halides is 3. The van der Waals surface area contributed by atoms with Crippen molar-refractivity contribution < 1.29 is 18.3 Å². The Morgan fingerprint density at radius 1 is 1.30 bits per heavy atom. The summed E-state index contributed by atoms with van der Waals surface area (Å²) in [4.78, 5) is 1.78. The molecule has 1 saturated heterocycles. The second kappa shape index (κ2) is 5.89. The fourth-order valence-corrected chi connectivity index (χ4v) is 2.99. The van der Waals surface area contributed by atoms with Gasteiger partial charge in [-0.05, 0) is 28.5 Å². The minimum absolute atomic E-state index is 0.173. The van der Waals surface area contributed by atoms with E-state index in [1.165, 1.54) is 16.8 Å². The van der Waals surface area contributed by atoms with E-state index in [1.807, 2.05) is 0 Å². The summed E-state index contributed by atoms with van der Waals surface area (Å²) in [5.74, 6) is 0.536. The second-order valence-corrected chi connectivity index (χ2v) is 5.64. The van der Waals surface area contributed by atoms with Crippen molar-refractivity contribution in [1.29, 1.82) is 0 Å². The summed E-state index contributed by atoms with van der Waals surface area (Å²) in [5, 5.41) is 21.1. The highest BCUT2D eigenvalue weighted by molar-refractivity contribution is 5.33. The molecule has 3 rings (SSSR count). The van der Waals surface area contributed by atoms with Crippen molar-refractivity contribution in [2.24, 2.45) is 7.05 Å². The summed E-state index contributed by atoms with van der Waals surface area (Å²) in [6.45, 7) is 0.557. The van der Waals surface area contributed by atoms with Crippen molar-refractivity contribution in [3.63, 3.8) is 0 Å². The number of aromatic nitrogens is 4. The number of aliphatic hydroxyl groups excluding tert-OH is 1. The van der Waals surface area contributed by atoms with Crippen LogP contribution in [0.4, 0.5) is 13.2 Å². The number of hydrogen-bond acceptors (Lipinski definition) is 5. The van der Waals surface area contributed by atoms with Gasteiger partial charge in [-0.1, -0.05) is 18.2 Å². The predicted octanol–water partition coefficient (Wildman–Crippen LogP) is 1.54. The molecule has 124 valence electrons. The van der Waals surface area contributed by atoms with Gasteiger partial charge in [0.15, 0.2) is 5.82 Å². The average molecular weight is 327 g/mol. The molecule has 9 heteroatoms. The van der Waals surface area contributed by atoms with Gasteiger partial charge in [0.05, 0.1) is 18.2 Å². The molecular formula is C14H16F3N5O. The Kier molecular flexibility index (Phi) is 4.07. The van der Waals surface area contributed by atoms with E-state index in [4.69, 9.17) is 0 Å². The largest absolute Gasteiger partial charge is 0.416 e. The number of halogens is 3. The molecule has 0 unspecified atom stereocenters. The highest BCUT2D eigenvalue weighted by atomic mass is 19.4. The van der Waals surface area contributed by atoms with E-state index >= 15 is 0 Å². The zero-order chi connectivity index (χ0) is 16.6. The van der Waals surface area contributed by atoms with Crippen LogP contribution < -0.4 is 0 Å².